The molecule has 0 heterocycles. The number of anilines is 1. The van der Waals surface area contributed by atoms with Gasteiger partial charge in [0.25, 0.3) is 0 Å². The van der Waals surface area contributed by atoms with Crippen LogP contribution in [-0.4, -0.2) is 26.7 Å². The normalized spacial score (nSPS) is 10.2. The molecule has 3 nitrogen and oxygen atoms in total. The number of methoxy groups -OCH3 is 1. The molecule has 0 aliphatic rings. The summed E-state index contributed by atoms with van der Waals surface area (Å²) in [5.74, 6) is 0.709. The fraction of sp³-hybridized carbons (Fsp3) is 0.500. The van der Waals surface area contributed by atoms with E-state index in [0.29, 0.717) is 17.3 Å². The fourth-order valence-electron chi connectivity index (χ4n) is 1.60. The second kappa shape index (κ2) is 6.61. The van der Waals surface area contributed by atoms with E-state index in [0.717, 1.165) is 25.2 Å². The first-order chi connectivity index (χ1) is 7.72. The van der Waals surface area contributed by atoms with Gasteiger partial charge >= 0.3 is 0 Å². The van der Waals surface area contributed by atoms with Gasteiger partial charge in [-0.05, 0) is 38.1 Å². The van der Waals surface area contributed by atoms with Crippen LogP contribution in [0.5, 0.6) is 5.75 Å². The van der Waals surface area contributed by atoms with E-state index in [4.69, 9.17) is 22.1 Å². The molecular formula is C12H19ClN2O. The van der Waals surface area contributed by atoms with E-state index in [2.05, 4.69) is 11.8 Å². The molecular weight excluding hydrogens is 224 g/mol. The van der Waals surface area contributed by atoms with Crippen LogP contribution in [-0.2, 0) is 0 Å². The summed E-state index contributed by atoms with van der Waals surface area (Å²) in [6.07, 6.45) is 0.984. The van der Waals surface area contributed by atoms with Crippen molar-refractivity contribution in [2.45, 2.75) is 13.3 Å². The summed E-state index contributed by atoms with van der Waals surface area (Å²) in [4.78, 5) is 2.25. The molecule has 0 fully saturated rings. The van der Waals surface area contributed by atoms with E-state index < -0.39 is 0 Å². The monoisotopic (exact) mass is 242 g/mol. The zero-order valence-corrected chi connectivity index (χ0v) is 10.6. The molecule has 0 radical (unpaired) electrons. The highest BCUT2D eigenvalue weighted by Crippen LogP contribution is 2.29. The molecule has 0 amide bonds. The number of nitrogens with zero attached hydrogens (tertiary/aromatic N) is 1. The predicted octanol–water partition coefficient (Wildman–Crippen LogP) is 2.52. The molecule has 2 N–H and O–H groups in total. The Hall–Kier alpha value is -0.930. The van der Waals surface area contributed by atoms with Crippen LogP contribution in [0.2, 0.25) is 5.02 Å². The molecule has 0 unspecified atom stereocenters. The summed E-state index contributed by atoms with van der Waals surface area (Å²) in [5.41, 5.74) is 6.63. The summed E-state index contributed by atoms with van der Waals surface area (Å²) >= 11 is 6.09. The quantitative estimate of drug-likeness (QED) is 0.833. The van der Waals surface area contributed by atoms with E-state index in [9.17, 15) is 0 Å². The molecule has 1 rings (SSSR count). The van der Waals surface area contributed by atoms with Gasteiger partial charge in [-0.15, -0.1) is 0 Å². The standard InChI is InChI=1S/C12H19ClN2O/c1-3-15(8-4-7-14)10-5-6-12(16-2)11(13)9-10/h5-6,9H,3-4,7-8,14H2,1-2H3. The van der Waals surface area contributed by atoms with Crippen molar-refractivity contribution >= 4 is 17.3 Å². The molecule has 4 heteroatoms. The number of rotatable bonds is 6. The van der Waals surface area contributed by atoms with Gasteiger partial charge in [-0.2, -0.15) is 0 Å². The van der Waals surface area contributed by atoms with Crippen molar-refractivity contribution in [1.82, 2.24) is 0 Å². The molecule has 1 aromatic carbocycles. The predicted molar refractivity (Wildman–Crippen MR) is 69.6 cm³/mol. The minimum absolute atomic E-state index is 0.645. The minimum Gasteiger partial charge on any atom is -0.495 e. The summed E-state index contributed by atoms with van der Waals surface area (Å²) in [7, 11) is 1.62. The van der Waals surface area contributed by atoms with Crippen LogP contribution in [0.1, 0.15) is 13.3 Å². The molecule has 16 heavy (non-hydrogen) atoms. The molecule has 0 spiro atoms. The molecule has 0 atom stereocenters. The highest BCUT2D eigenvalue weighted by Gasteiger charge is 2.07. The Bertz CT molecular complexity index is 331. The molecule has 0 saturated carbocycles. The average Bonchev–Trinajstić information content (AvgIpc) is 2.30. The SMILES string of the molecule is CCN(CCCN)c1ccc(OC)c(Cl)c1. The Morgan fingerprint density at radius 1 is 1.44 bits per heavy atom. The summed E-state index contributed by atoms with van der Waals surface area (Å²) in [6.45, 7) is 4.73. The second-order valence-electron chi connectivity index (χ2n) is 3.54. The summed E-state index contributed by atoms with van der Waals surface area (Å²) in [5, 5.41) is 0.645. The third-order valence-corrected chi connectivity index (χ3v) is 2.81. The Kier molecular flexibility index (Phi) is 5.43. The maximum atomic E-state index is 6.09. The number of hydrogen-bond acceptors (Lipinski definition) is 3. The highest BCUT2D eigenvalue weighted by atomic mass is 35.5. The van der Waals surface area contributed by atoms with Gasteiger partial charge in [0, 0.05) is 18.8 Å². The lowest BCUT2D eigenvalue weighted by molar-refractivity contribution is 0.415. The van der Waals surface area contributed by atoms with Crippen molar-refractivity contribution in [3.05, 3.63) is 23.2 Å². The van der Waals surface area contributed by atoms with Crippen molar-refractivity contribution < 1.29 is 4.74 Å². The lowest BCUT2D eigenvalue weighted by Crippen LogP contribution is -2.25. The zero-order chi connectivity index (χ0) is 12.0. The van der Waals surface area contributed by atoms with Crippen LogP contribution >= 0.6 is 11.6 Å². The van der Waals surface area contributed by atoms with Crippen molar-refractivity contribution in [1.29, 1.82) is 0 Å². The van der Waals surface area contributed by atoms with E-state index in [1.807, 2.05) is 18.2 Å². The Morgan fingerprint density at radius 2 is 2.19 bits per heavy atom. The van der Waals surface area contributed by atoms with E-state index in [-0.39, 0.29) is 0 Å². The van der Waals surface area contributed by atoms with Crippen LogP contribution in [0.4, 0.5) is 5.69 Å². The molecule has 0 bridgehead atoms. The first-order valence-electron chi connectivity index (χ1n) is 5.51. The van der Waals surface area contributed by atoms with Crippen LogP contribution < -0.4 is 15.4 Å². The minimum atomic E-state index is 0.645. The van der Waals surface area contributed by atoms with Crippen molar-refractivity contribution in [3.8, 4) is 5.75 Å². The van der Waals surface area contributed by atoms with Crippen molar-refractivity contribution in [2.75, 3.05) is 31.6 Å². The fourth-order valence-corrected chi connectivity index (χ4v) is 1.86. The topological polar surface area (TPSA) is 38.5 Å². The molecule has 0 aliphatic carbocycles. The summed E-state index contributed by atoms with van der Waals surface area (Å²) in [6, 6.07) is 5.84. The van der Waals surface area contributed by atoms with Gasteiger partial charge in [-0.25, -0.2) is 0 Å². The van der Waals surface area contributed by atoms with Gasteiger partial charge in [-0.3, -0.25) is 0 Å². The third kappa shape index (κ3) is 3.29. The molecule has 0 aromatic heterocycles. The lowest BCUT2D eigenvalue weighted by Gasteiger charge is -2.23. The number of halogens is 1. The van der Waals surface area contributed by atoms with Gasteiger partial charge in [-0.1, -0.05) is 11.6 Å². The smallest absolute Gasteiger partial charge is 0.137 e. The molecule has 0 aliphatic heterocycles. The average molecular weight is 243 g/mol. The lowest BCUT2D eigenvalue weighted by atomic mass is 10.2. The second-order valence-corrected chi connectivity index (χ2v) is 3.95. The van der Waals surface area contributed by atoms with Gasteiger partial charge in [0.05, 0.1) is 12.1 Å². The van der Waals surface area contributed by atoms with Crippen LogP contribution in [0.3, 0.4) is 0 Å². The largest absolute Gasteiger partial charge is 0.495 e. The number of hydrogen-bond donors (Lipinski definition) is 1. The summed E-state index contributed by atoms with van der Waals surface area (Å²) < 4.78 is 5.12. The number of ether oxygens (including phenoxy) is 1. The maximum Gasteiger partial charge on any atom is 0.137 e. The molecule has 1 aromatic rings. The van der Waals surface area contributed by atoms with Crippen LogP contribution in [0.25, 0.3) is 0 Å². The van der Waals surface area contributed by atoms with E-state index >= 15 is 0 Å². The Morgan fingerprint density at radius 3 is 2.69 bits per heavy atom. The Labute approximate surface area is 102 Å². The molecule has 90 valence electrons. The zero-order valence-electron chi connectivity index (χ0n) is 9.87. The van der Waals surface area contributed by atoms with Gasteiger partial charge in [0.1, 0.15) is 5.75 Å². The van der Waals surface area contributed by atoms with Crippen molar-refractivity contribution in [2.24, 2.45) is 5.73 Å². The van der Waals surface area contributed by atoms with Crippen LogP contribution in [0.15, 0.2) is 18.2 Å². The third-order valence-electron chi connectivity index (χ3n) is 2.51. The molecule has 0 saturated heterocycles. The highest BCUT2D eigenvalue weighted by molar-refractivity contribution is 6.32. The van der Waals surface area contributed by atoms with Gasteiger partial charge in [0.15, 0.2) is 0 Å². The maximum absolute atomic E-state index is 6.09. The van der Waals surface area contributed by atoms with Crippen molar-refractivity contribution in [3.63, 3.8) is 0 Å². The van der Waals surface area contributed by atoms with E-state index in [1.165, 1.54) is 0 Å². The Balaban J connectivity index is 2.80. The van der Waals surface area contributed by atoms with Gasteiger partial charge < -0.3 is 15.4 Å². The van der Waals surface area contributed by atoms with E-state index in [1.54, 1.807) is 7.11 Å². The first-order valence-corrected chi connectivity index (χ1v) is 5.89. The number of nitrogens with two attached hydrogens (primary N) is 1. The van der Waals surface area contributed by atoms with Crippen LogP contribution in [0, 0.1) is 0 Å². The van der Waals surface area contributed by atoms with Gasteiger partial charge in [0.2, 0.25) is 0 Å². The number of benzene rings is 1. The first kappa shape index (κ1) is 13.1.